The number of hydrogen-bond donors (Lipinski definition) is 3. The molecule has 0 unspecified atom stereocenters. The number of esters is 1. The number of nitrogen functional groups attached to an aromatic ring is 1. The molecule has 34 heavy (non-hydrogen) atoms. The molecule has 12 heteroatoms. The number of aromatic nitrogens is 1. The summed E-state index contributed by atoms with van der Waals surface area (Å²) in [6, 6.07) is 9.33. The Bertz CT molecular complexity index is 1210. The lowest BCUT2D eigenvalue weighted by molar-refractivity contribution is -0.143. The van der Waals surface area contributed by atoms with Crippen LogP contribution in [0.5, 0.6) is 0 Å². The molecule has 0 bridgehead atoms. The SMILES string of the molecule is CCOC(=O)CNC(=O)[C@H](c1cccs1)N(C(=O)c1snc(C(N)=O)c1N)c1cccc(C)c1. The standard InChI is InChI=1S/C22H23N5O5S2/c1-3-32-15(28)11-25-21(30)18(14-8-5-9-33-14)27(13-7-4-6-12(2)10-13)22(31)19-16(23)17(20(24)29)26-34-19/h4-10,18H,3,11,23H2,1-2H3,(H2,24,29)(H,25,30)/t18-/m0/s1. The van der Waals surface area contributed by atoms with E-state index in [4.69, 9.17) is 16.2 Å². The minimum atomic E-state index is -1.14. The van der Waals surface area contributed by atoms with Gasteiger partial charge in [-0.3, -0.25) is 24.1 Å². The van der Waals surface area contributed by atoms with Crippen molar-refractivity contribution in [3.8, 4) is 0 Å². The fourth-order valence-electron chi connectivity index (χ4n) is 3.19. The smallest absolute Gasteiger partial charge is 0.325 e. The van der Waals surface area contributed by atoms with Crippen LogP contribution in [0.15, 0.2) is 41.8 Å². The second-order valence-electron chi connectivity index (χ2n) is 7.09. The van der Waals surface area contributed by atoms with Crippen molar-refractivity contribution in [2.24, 2.45) is 5.73 Å². The number of hydrogen-bond acceptors (Lipinski definition) is 9. The Balaban J connectivity index is 2.10. The van der Waals surface area contributed by atoms with Gasteiger partial charge in [-0.1, -0.05) is 18.2 Å². The van der Waals surface area contributed by atoms with E-state index < -0.39 is 29.7 Å². The predicted octanol–water partition coefficient (Wildman–Crippen LogP) is 2.26. The largest absolute Gasteiger partial charge is 0.465 e. The van der Waals surface area contributed by atoms with E-state index in [9.17, 15) is 19.2 Å². The highest BCUT2D eigenvalue weighted by Gasteiger charge is 2.36. The molecule has 3 rings (SSSR count). The third-order valence-corrected chi connectivity index (χ3v) is 6.46. The normalized spacial score (nSPS) is 11.5. The average molecular weight is 502 g/mol. The number of ether oxygens (including phenoxy) is 1. The summed E-state index contributed by atoms with van der Waals surface area (Å²) in [6.07, 6.45) is 0. The first-order valence-corrected chi connectivity index (χ1v) is 11.8. The highest BCUT2D eigenvalue weighted by Crippen LogP contribution is 2.34. The van der Waals surface area contributed by atoms with Crippen molar-refractivity contribution < 1.29 is 23.9 Å². The van der Waals surface area contributed by atoms with Crippen molar-refractivity contribution in [2.45, 2.75) is 19.9 Å². The molecule has 178 valence electrons. The summed E-state index contributed by atoms with van der Waals surface area (Å²) in [5.41, 5.74) is 12.2. The topological polar surface area (TPSA) is 158 Å². The summed E-state index contributed by atoms with van der Waals surface area (Å²) in [6.45, 7) is 3.31. The van der Waals surface area contributed by atoms with Crippen LogP contribution < -0.4 is 21.7 Å². The second-order valence-corrected chi connectivity index (χ2v) is 8.85. The van der Waals surface area contributed by atoms with Gasteiger partial charge in [0, 0.05) is 10.6 Å². The first kappa shape index (κ1) is 24.9. The molecule has 1 aromatic carbocycles. The van der Waals surface area contributed by atoms with E-state index in [2.05, 4.69) is 9.69 Å². The Labute approximate surface area is 203 Å². The van der Waals surface area contributed by atoms with Gasteiger partial charge in [-0.05, 0) is 54.5 Å². The lowest BCUT2D eigenvalue weighted by atomic mass is 10.1. The van der Waals surface area contributed by atoms with E-state index in [1.165, 1.54) is 16.2 Å². The van der Waals surface area contributed by atoms with E-state index in [0.29, 0.717) is 10.6 Å². The summed E-state index contributed by atoms with van der Waals surface area (Å²) < 4.78 is 8.80. The quantitative estimate of drug-likeness (QED) is 0.379. The third-order valence-electron chi connectivity index (χ3n) is 4.69. The summed E-state index contributed by atoms with van der Waals surface area (Å²) in [5, 5.41) is 4.32. The van der Waals surface area contributed by atoms with Gasteiger partial charge >= 0.3 is 5.97 Å². The van der Waals surface area contributed by atoms with Crippen molar-refractivity contribution in [1.82, 2.24) is 9.69 Å². The Hall–Kier alpha value is -3.77. The van der Waals surface area contributed by atoms with Gasteiger partial charge in [0.05, 0.1) is 12.3 Å². The van der Waals surface area contributed by atoms with E-state index in [1.54, 1.807) is 42.6 Å². The monoisotopic (exact) mass is 501 g/mol. The number of thiophene rings is 1. The van der Waals surface area contributed by atoms with Crippen molar-refractivity contribution >= 4 is 57.9 Å². The molecule has 10 nitrogen and oxygen atoms in total. The van der Waals surface area contributed by atoms with Crippen LogP contribution in [0.25, 0.3) is 0 Å². The van der Waals surface area contributed by atoms with Gasteiger partial charge < -0.3 is 21.5 Å². The Morgan fingerprint density at radius 2 is 1.97 bits per heavy atom. The van der Waals surface area contributed by atoms with Crippen LogP contribution >= 0.6 is 22.9 Å². The number of primary amides is 1. The van der Waals surface area contributed by atoms with E-state index >= 15 is 0 Å². The molecule has 3 amide bonds. The Kier molecular flexibility index (Phi) is 7.97. The molecule has 0 saturated heterocycles. The van der Waals surface area contributed by atoms with E-state index in [1.807, 2.05) is 13.0 Å². The Morgan fingerprint density at radius 1 is 1.21 bits per heavy atom. The minimum Gasteiger partial charge on any atom is -0.465 e. The van der Waals surface area contributed by atoms with E-state index in [0.717, 1.165) is 17.1 Å². The maximum Gasteiger partial charge on any atom is 0.325 e. The summed E-state index contributed by atoms with van der Waals surface area (Å²) in [4.78, 5) is 52.4. The number of carbonyl (C=O) groups is 4. The van der Waals surface area contributed by atoms with Gasteiger partial charge in [0.1, 0.15) is 11.4 Å². The first-order valence-electron chi connectivity index (χ1n) is 10.2. The van der Waals surface area contributed by atoms with Crippen molar-refractivity contribution in [2.75, 3.05) is 23.8 Å². The van der Waals surface area contributed by atoms with Crippen LogP contribution in [0.4, 0.5) is 11.4 Å². The number of nitrogens with two attached hydrogens (primary N) is 2. The molecule has 2 heterocycles. The predicted molar refractivity (Wildman–Crippen MR) is 130 cm³/mol. The first-order chi connectivity index (χ1) is 16.2. The summed E-state index contributed by atoms with van der Waals surface area (Å²) in [7, 11) is 0. The summed E-state index contributed by atoms with van der Waals surface area (Å²) in [5.74, 6) is -2.70. The molecule has 5 N–H and O–H groups in total. The van der Waals surface area contributed by atoms with Crippen LogP contribution in [0.2, 0.25) is 0 Å². The lowest BCUT2D eigenvalue weighted by Crippen LogP contribution is -2.45. The molecule has 0 fully saturated rings. The average Bonchev–Trinajstić information content (AvgIpc) is 3.45. The van der Waals surface area contributed by atoms with Gasteiger partial charge in [-0.15, -0.1) is 11.3 Å². The molecular formula is C22H23N5O5S2. The fourth-order valence-corrected chi connectivity index (χ4v) is 4.74. The van der Waals surface area contributed by atoms with Crippen LogP contribution in [-0.4, -0.2) is 41.2 Å². The highest BCUT2D eigenvalue weighted by atomic mass is 32.1. The van der Waals surface area contributed by atoms with Crippen LogP contribution in [0, 0.1) is 6.92 Å². The fraction of sp³-hybridized carbons (Fsp3) is 0.227. The zero-order valence-electron chi connectivity index (χ0n) is 18.4. The van der Waals surface area contributed by atoms with Gasteiger partial charge in [0.25, 0.3) is 11.8 Å². The molecule has 0 radical (unpaired) electrons. The molecule has 0 spiro atoms. The third kappa shape index (κ3) is 5.41. The van der Waals surface area contributed by atoms with Crippen molar-refractivity contribution in [3.63, 3.8) is 0 Å². The number of aryl methyl sites for hydroxylation is 1. The minimum absolute atomic E-state index is 0.0324. The number of anilines is 2. The highest BCUT2D eigenvalue weighted by molar-refractivity contribution is 7.10. The van der Waals surface area contributed by atoms with Gasteiger partial charge in [-0.2, -0.15) is 4.37 Å². The lowest BCUT2D eigenvalue weighted by Gasteiger charge is -2.30. The summed E-state index contributed by atoms with van der Waals surface area (Å²) >= 11 is 1.99. The van der Waals surface area contributed by atoms with Crippen molar-refractivity contribution in [1.29, 1.82) is 0 Å². The zero-order valence-corrected chi connectivity index (χ0v) is 20.1. The maximum atomic E-state index is 13.8. The number of benzene rings is 1. The molecular weight excluding hydrogens is 478 g/mol. The van der Waals surface area contributed by atoms with Crippen LogP contribution in [0.1, 0.15) is 43.6 Å². The maximum absolute atomic E-state index is 13.8. The Morgan fingerprint density at radius 3 is 2.56 bits per heavy atom. The molecule has 3 aromatic rings. The van der Waals surface area contributed by atoms with Crippen LogP contribution in [-0.2, 0) is 14.3 Å². The van der Waals surface area contributed by atoms with Gasteiger partial charge in [-0.25, -0.2) is 0 Å². The van der Waals surface area contributed by atoms with Gasteiger partial charge in [0.2, 0.25) is 5.91 Å². The molecule has 0 aliphatic heterocycles. The van der Waals surface area contributed by atoms with Gasteiger partial charge in [0.15, 0.2) is 11.7 Å². The second kappa shape index (κ2) is 10.9. The molecule has 1 atom stereocenters. The van der Waals surface area contributed by atoms with Crippen LogP contribution in [0.3, 0.4) is 0 Å². The number of amides is 3. The molecule has 0 saturated carbocycles. The number of nitrogens with one attached hydrogen (secondary N) is 1. The van der Waals surface area contributed by atoms with E-state index in [-0.39, 0.29) is 29.4 Å². The number of nitrogens with zero attached hydrogens (tertiary/aromatic N) is 2. The molecule has 2 aromatic heterocycles. The number of rotatable bonds is 9. The zero-order chi connectivity index (χ0) is 24.8. The molecule has 0 aliphatic carbocycles. The number of carbonyl (C=O) groups excluding carboxylic acids is 4. The van der Waals surface area contributed by atoms with Crippen molar-refractivity contribution in [3.05, 3.63) is 62.8 Å². The molecule has 0 aliphatic rings.